The molecule has 26 heavy (non-hydrogen) atoms. The average molecular weight is 375 g/mol. The van der Waals surface area contributed by atoms with Gasteiger partial charge < -0.3 is 19.7 Å². The minimum Gasteiger partial charge on any atom is -0.497 e. The average Bonchev–Trinajstić information content (AvgIpc) is 2.67. The fourth-order valence-corrected chi connectivity index (χ4v) is 3.19. The Hall–Kier alpha value is -2.24. The van der Waals surface area contributed by atoms with Crippen LogP contribution in [0.25, 0.3) is 0 Å². The van der Waals surface area contributed by atoms with Crippen molar-refractivity contribution in [3.63, 3.8) is 0 Å². The molecule has 2 aromatic carbocycles. The third-order valence-corrected chi connectivity index (χ3v) is 4.60. The number of halogens is 1. The van der Waals surface area contributed by atoms with Gasteiger partial charge in [-0.2, -0.15) is 0 Å². The van der Waals surface area contributed by atoms with E-state index >= 15 is 0 Å². The number of methoxy groups -OCH3 is 1. The highest BCUT2D eigenvalue weighted by Crippen LogP contribution is 2.20. The molecular weight excluding hydrogens is 352 g/mol. The minimum absolute atomic E-state index is 0.0278. The van der Waals surface area contributed by atoms with Gasteiger partial charge in [0.25, 0.3) is 0 Å². The van der Waals surface area contributed by atoms with Crippen molar-refractivity contribution >= 4 is 23.3 Å². The summed E-state index contributed by atoms with van der Waals surface area (Å²) in [5.41, 5.74) is 1.76. The highest BCUT2D eigenvalue weighted by molar-refractivity contribution is 6.30. The number of carbonyl (C=O) groups is 1. The molecule has 2 amide bonds. The van der Waals surface area contributed by atoms with Gasteiger partial charge in [0, 0.05) is 23.8 Å². The van der Waals surface area contributed by atoms with Crippen LogP contribution in [0.1, 0.15) is 18.4 Å². The Balaban J connectivity index is 1.52. The molecular formula is C20H23ClN2O3. The van der Waals surface area contributed by atoms with E-state index in [-0.39, 0.29) is 12.1 Å². The first kappa shape index (κ1) is 18.5. The highest BCUT2D eigenvalue weighted by Gasteiger charge is 2.24. The number of likely N-dealkylation sites (tertiary alicyclic amines) is 1. The van der Waals surface area contributed by atoms with E-state index in [1.165, 1.54) is 0 Å². The number of amides is 2. The maximum absolute atomic E-state index is 12.5. The van der Waals surface area contributed by atoms with Gasteiger partial charge in [-0.05, 0) is 48.7 Å². The predicted molar refractivity (Wildman–Crippen MR) is 103 cm³/mol. The molecule has 5 nitrogen and oxygen atoms in total. The number of piperidine rings is 1. The van der Waals surface area contributed by atoms with Crippen LogP contribution in [0.4, 0.5) is 10.5 Å². The van der Waals surface area contributed by atoms with Crippen molar-refractivity contribution < 1.29 is 14.3 Å². The number of anilines is 1. The third kappa shape index (κ3) is 5.13. The number of nitrogens with zero attached hydrogens (tertiary/aromatic N) is 1. The van der Waals surface area contributed by atoms with Gasteiger partial charge >= 0.3 is 6.03 Å². The first-order chi connectivity index (χ1) is 12.6. The molecule has 6 heteroatoms. The summed E-state index contributed by atoms with van der Waals surface area (Å²) >= 11 is 5.96. The molecule has 1 heterocycles. The topological polar surface area (TPSA) is 50.8 Å². The first-order valence-corrected chi connectivity index (χ1v) is 9.08. The number of urea groups is 1. The lowest BCUT2D eigenvalue weighted by atomic mass is 10.1. The van der Waals surface area contributed by atoms with Crippen molar-refractivity contribution in [1.29, 1.82) is 0 Å². The lowest BCUT2D eigenvalue weighted by Crippen LogP contribution is -2.45. The van der Waals surface area contributed by atoms with Crippen LogP contribution in [-0.2, 0) is 11.3 Å². The Labute approximate surface area is 158 Å². The Morgan fingerprint density at radius 2 is 2.12 bits per heavy atom. The SMILES string of the molecule is COc1cccc(CO[C@H]2CCCN(C(=O)Nc3cccc(Cl)c3)C2)c1. The zero-order chi connectivity index (χ0) is 18.4. The van der Waals surface area contributed by atoms with Gasteiger partial charge in [-0.1, -0.05) is 29.8 Å². The number of carbonyl (C=O) groups excluding carboxylic acids is 1. The van der Waals surface area contributed by atoms with Gasteiger partial charge in [0.05, 0.1) is 19.8 Å². The lowest BCUT2D eigenvalue weighted by molar-refractivity contribution is 0.000965. The summed E-state index contributed by atoms with van der Waals surface area (Å²) in [6, 6.07) is 14.9. The van der Waals surface area contributed by atoms with Crippen LogP contribution < -0.4 is 10.1 Å². The molecule has 0 saturated carbocycles. The van der Waals surface area contributed by atoms with Crippen molar-refractivity contribution in [2.45, 2.75) is 25.6 Å². The molecule has 0 aliphatic carbocycles. The number of rotatable bonds is 5. The summed E-state index contributed by atoms with van der Waals surface area (Å²) in [6.07, 6.45) is 1.90. The lowest BCUT2D eigenvalue weighted by Gasteiger charge is -2.32. The van der Waals surface area contributed by atoms with Crippen LogP contribution in [0.3, 0.4) is 0 Å². The van der Waals surface area contributed by atoms with Crippen molar-refractivity contribution in [1.82, 2.24) is 4.90 Å². The van der Waals surface area contributed by atoms with Gasteiger partial charge in [0.1, 0.15) is 5.75 Å². The molecule has 0 aromatic heterocycles. The van der Waals surface area contributed by atoms with E-state index in [1.54, 1.807) is 24.1 Å². The molecule has 3 rings (SSSR count). The highest BCUT2D eigenvalue weighted by atomic mass is 35.5. The van der Waals surface area contributed by atoms with Gasteiger partial charge in [-0.15, -0.1) is 0 Å². The summed E-state index contributed by atoms with van der Waals surface area (Å²) < 4.78 is 11.3. The van der Waals surface area contributed by atoms with E-state index < -0.39 is 0 Å². The van der Waals surface area contributed by atoms with E-state index in [1.807, 2.05) is 36.4 Å². The zero-order valence-electron chi connectivity index (χ0n) is 14.8. The molecule has 138 valence electrons. The van der Waals surface area contributed by atoms with Gasteiger partial charge in [0.2, 0.25) is 0 Å². The van der Waals surface area contributed by atoms with Gasteiger partial charge in [0.15, 0.2) is 0 Å². The molecule has 1 atom stereocenters. The maximum Gasteiger partial charge on any atom is 0.321 e. The molecule has 1 aliphatic rings. The van der Waals surface area contributed by atoms with Crippen molar-refractivity contribution in [3.8, 4) is 5.75 Å². The maximum atomic E-state index is 12.5. The molecule has 1 aliphatic heterocycles. The van der Waals surface area contributed by atoms with Crippen LogP contribution in [0.2, 0.25) is 5.02 Å². The normalized spacial score (nSPS) is 17.0. The van der Waals surface area contributed by atoms with Crippen LogP contribution in [0.15, 0.2) is 48.5 Å². The second-order valence-electron chi connectivity index (χ2n) is 6.31. The zero-order valence-corrected chi connectivity index (χ0v) is 15.5. The van der Waals surface area contributed by atoms with Crippen molar-refractivity contribution in [3.05, 3.63) is 59.1 Å². The molecule has 0 spiro atoms. The van der Waals surface area contributed by atoms with Crippen LogP contribution >= 0.6 is 11.6 Å². The van der Waals surface area contributed by atoms with Gasteiger partial charge in [-0.25, -0.2) is 4.79 Å². The molecule has 0 radical (unpaired) electrons. The molecule has 0 bridgehead atoms. The van der Waals surface area contributed by atoms with E-state index in [0.717, 1.165) is 30.7 Å². The number of benzene rings is 2. The van der Waals surface area contributed by atoms with Crippen molar-refractivity contribution in [2.24, 2.45) is 0 Å². The summed E-state index contributed by atoms with van der Waals surface area (Å²) in [4.78, 5) is 14.3. The molecule has 1 saturated heterocycles. The predicted octanol–water partition coefficient (Wildman–Crippen LogP) is 4.56. The van der Waals surface area contributed by atoms with Crippen molar-refractivity contribution in [2.75, 3.05) is 25.5 Å². The number of ether oxygens (including phenoxy) is 2. The second kappa shape index (κ2) is 8.92. The Morgan fingerprint density at radius 1 is 1.27 bits per heavy atom. The fourth-order valence-electron chi connectivity index (χ4n) is 3.00. The number of nitrogens with one attached hydrogen (secondary N) is 1. The molecule has 0 unspecified atom stereocenters. The summed E-state index contributed by atoms with van der Waals surface area (Å²) in [6.45, 7) is 1.81. The van der Waals surface area contributed by atoms with E-state index in [2.05, 4.69) is 5.32 Å². The van der Waals surface area contributed by atoms with E-state index in [4.69, 9.17) is 21.1 Å². The molecule has 2 aromatic rings. The van der Waals surface area contributed by atoms with E-state index in [9.17, 15) is 4.79 Å². The summed E-state index contributed by atoms with van der Waals surface area (Å²) in [7, 11) is 1.65. The first-order valence-electron chi connectivity index (χ1n) is 8.70. The second-order valence-corrected chi connectivity index (χ2v) is 6.75. The van der Waals surface area contributed by atoms with E-state index in [0.29, 0.717) is 23.9 Å². The Morgan fingerprint density at radius 3 is 2.92 bits per heavy atom. The monoisotopic (exact) mass is 374 g/mol. The smallest absolute Gasteiger partial charge is 0.321 e. The minimum atomic E-state index is -0.123. The van der Waals surface area contributed by atoms with Crippen LogP contribution in [0.5, 0.6) is 5.75 Å². The van der Waals surface area contributed by atoms with Crippen LogP contribution in [-0.4, -0.2) is 37.2 Å². The van der Waals surface area contributed by atoms with Gasteiger partial charge in [-0.3, -0.25) is 0 Å². The fraction of sp³-hybridized carbons (Fsp3) is 0.350. The molecule has 1 N–H and O–H groups in total. The summed E-state index contributed by atoms with van der Waals surface area (Å²) in [5, 5.41) is 3.49. The summed E-state index contributed by atoms with van der Waals surface area (Å²) in [5.74, 6) is 0.817. The standard InChI is InChI=1S/C20H23ClN2O3/c1-25-18-8-2-5-15(11-18)14-26-19-9-4-10-23(13-19)20(24)22-17-7-3-6-16(21)12-17/h2-3,5-8,11-12,19H,4,9-10,13-14H2,1H3,(H,22,24)/t19-/m0/s1. The van der Waals surface area contributed by atoms with Crippen LogP contribution in [0, 0.1) is 0 Å². The number of hydrogen-bond acceptors (Lipinski definition) is 3. The quantitative estimate of drug-likeness (QED) is 0.834. The molecule has 1 fully saturated rings. The third-order valence-electron chi connectivity index (χ3n) is 4.36. The Kier molecular flexibility index (Phi) is 6.36. The Bertz CT molecular complexity index is 753. The number of hydrogen-bond donors (Lipinski definition) is 1. The largest absolute Gasteiger partial charge is 0.497 e.